The minimum Gasteiger partial charge on any atom is -0.491 e. The molecule has 0 bridgehead atoms. The van der Waals surface area contributed by atoms with Gasteiger partial charge in [0.05, 0.1) is 6.10 Å². The van der Waals surface area contributed by atoms with Crippen LogP contribution in [0.15, 0.2) is 24.3 Å². The summed E-state index contributed by atoms with van der Waals surface area (Å²) in [6.45, 7) is 12.6. The zero-order valence-corrected chi connectivity index (χ0v) is 14.3. The number of hydrogen-bond acceptors (Lipinski definition) is 4. The SMILES string of the molecule is CC(C)Oc1ccc([C@@H](N2CCNCC2)C(C)(C)CO)cc1. The van der Waals surface area contributed by atoms with Gasteiger partial charge in [0, 0.05) is 44.2 Å². The van der Waals surface area contributed by atoms with Crippen LogP contribution in [0, 0.1) is 5.41 Å². The molecule has 4 nitrogen and oxygen atoms in total. The molecule has 1 aliphatic rings. The van der Waals surface area contributed by atoms with E-state index in [1.54, 1.807) is 0 Å². The van der Waals surface area contributed by atoms with Crippen LogP contribution >= 0.6 is 0 Å². The smallest absolute Gasteiger partial charge is 0.119 e. The summed E-state index contributed by atoms with van der Waals surface area (Å²) in [6.07, 6.45) is 0.184. The summed E-state index contributed by atoms with van der Waals surface area (Å²) in [4.78, 5) is 2.48. The van der Waals surface area contributed by atoms with Crippen molar-refractivity contribution in [3.05, 3.63) is 29.8 Å². The zero-order chi connectivity index (χ0) is 16.2. The maximum atomic E-state index is 9.86. The number of aliphatic hydroxyl groups is 1. The lowest BCUT2D eigenvalue weighted by molar-refractivity contribution is 0.0305. The Morgan fingerprint density at radius 3 is 2.27 bits per heavy atom. The molecule has 0 amide bonds. The fourth-order valence-corrected chi connectivity index (χ4v) is 3.18. The van der Waals surface area contributed by atoms with Crippen molar-refractivity contribution in [2.75, 3.05) is 32.8 Å². The second-order valence-corrected chi connectivity index (χ2v) is 7.07. The first-order valence-electron chi connectivity index (χ1n) is 8.26. The molecular formula is C18H30N2O2. The first kappa shape index (κ1) is 17.3. The predicted molar refractivity (Wildman–Crippen MR) is 90.3 cm³/mol. The van der Waals surface area contributed by atoms with Gasteiger partial charge in [-0.1, -0.05) is 26.0 Å². The van der Waals surface area contributed by atoms with Crippen molar-refractivity contribution in [3.8, 4) is 5.75 Å². The van der Waals surface area contributed by atoms with E-state index in [9.17, 15) is 5.11 Å². The van der Waals surface area contributed by atoms with E-state index in [-0.39, 0.29) is 24.2 Å². The van der Waals surface area contributed by atoms with E-state index in [4.69, 9.17) is 4.74 Å². The van der Waals surface area contributed by atoms with Gasteiger partial charge in [-0.2, -0.15) is 0 Å². The minimum absolute atomic E-state index is 0.172. The average molecular weight is 306 g/mol. The average Bonchev–Trinajstić information content (AvgIpc) is 2.49. The topological polar surface area (TPSA) is 44.7 Å². The van der Waals surface area contributed by atoms with Crippen molar-refractivity contribution in [2.45, 2.75) is 39.8 Å². The number of nitrogens with zero attached hydrogens (tertiary/aromatic N) is 1. The molecule has 22 heavy (non-hydrogen) atoms. The van der Waals surface area contributed by atoms with Crippen molar-refractivity contribution in [3.63, 3.8) is 0 Å². The monoisotopic (exact) mass is 306 g/mol. The standard InChI is InChI=1S/C18H30N2O2/c1-14(2)22-16-7-5-15(6-8-16)17(18(3,4)13-21)20-11-9-19-10-12-20/h5-8,14,17,19,21H,9-13H2,1-4H3/t17-/m1/s1. The third-order valence-electron chi connectivity index (χ3n) is 4.23. The van der Waals surface area contributed by atoms with E-state index in [2.05, 4.69) is 36.2 Å². The highest BCUT2D eigenvalue weighted by Crippen LogP contribution is 2.38. The Morgan fingerprint density at radius 2 is 1.77 bits per heavy atom. The highest BCUT2D eigenvalue weighted by molar-refractivity contribution is 5.30. The van der Waals surface area contributed by atoms with Crippen LogP contribution in [-0.4, -0.2) is 48.9 Å². The summed E-state index contributed by atoms with van der Waals surface area (Å²) in [5.74, 6) is 0.902. The molecule has 0 spiro atoms. The van der Waals surface area contributed by atoms with Gasteiger partial charge in [0.1, 0.15) is 5.75 Å². The van der Waals surface area contributed by atoms with Crippen LogP contribution in [0.5, 0.6) is 5.75 Å². The number of benzene rings is 1. The second kappa shape index (κ2) is 7.44. The van der Waals surface area contributed by atoms with Crippen LogP contribution in [0.25, 0.3) is 0 Å². The minimum atomic E-state index is -0.183. The lowest BCUT2D eigenvalue weighted by Crippen LogP contribution is -2.49. The van der Waals surface area contributed by atoms with Gasteiger partial charge in [-0.25, -0.2) is 0 Å². The van der Waals surface area contributed by atoms with Gasteiger partial charge in [0.15, 0.2) is 0 Å². The largest absolute Gasteiger partial charge is 0.491 e. The molecule has 1 aromatic carbocycles. The summed E-state index contributed by atoms with van der Waals surface area (Å²) in [6, 6.07) is 8.58. The molecule has 124 valence electrons. The molecule has 1 fully saturated rings. The Labute approximate surface area is 134 Å². The number of rotatable bonds is 6. The van der Waals surface area contributed by atoms with Crippen LogP contribution in [-0.2, 0) is 0 Å². The van der Waals surface area contributed by atoms with Crippen LogP contribution in [0.4, 0.5) is 0 Å². The molecule has 1 atom stereocenters. The first-order valence-corrected chi connectivity index (χ1v) is 8.26. The van der Waals surface area contributed by atoms with E-state index in [1.165, 1.54) is 5.56 Å². The summed E-state index contributed by atoms with van der Waals surface area (Å²) < 4.78 is 5.73. The van der Waals surface area contributed by atoms with E-state index in [0.717, 1.165) is 31.9 Å². The fraction of sp³-hybridized carbons (Fsp3) is 0.667. The number of hydrogen-bond donors (Lipinski definition) is 2. The molecule has 2 N–H and O–H groups in total. The molecule has 0 aliphatic carbocycles. The van der Waals surface area contributed by atoms with Gasteiger partial charge in [0.2, 0.25) is 0 Å². The van der Waals surface area contributed by atoms with Crippen molar-refractivity contribution in [1.82, 2.24) is 10.2 Å². The zero-order valence-electron chi connectivity index (χ0n) is 14.3. The van der Waals surface area contributed by atoms with E-state index in [1.807, 2.05) is 26.0 Å². The van der Waals surface area contributed by atoms with Gasteiger partial charge in [-0.15, -0.1) is 0 Å². The second-order valence-electron chi connectivity index (χ2n) is 7.07. The third kappa shape index (κ3) is 4.22. The summed E-state index contributed by atoms with van der Waals surface area (Å²) >= 11 is 0. The molecule has 2 rings (SSSR count). The van der Waals surface area contributed by atoms with E-state index < -0.39 is 0 Å². The Morgan fingerprint density at radius 1 is 1.18 bits per heavy atom. The molecule has 0 saturated carbocycles. The fourth-order valence-electron chi connectivity index (χ4n) is 3.18. The molecule has 1 heterocycles. The Balaban J connectivity index is 2.24. The molecule has 0 aromatic heterocycles. The Hall–Kier alpha value is -1.10. The summed E-state index contributed by atoms with van der Waals surface area (Å²) in [5.41, 5.74) is 1.06. The van der Waals surface area contributed by atoms with Gasteiger partial charge in [0.25, 0.3) is 0 Å². The normalized spacial score (nSPS) is 18.5. The first-order chi connectivity index (χ1) is 10.4. The Kier molecular flexibility index (Phi) is 5.84. The van der Waals surface area contributed by atoms with E-state index >= 15 is 0 Å². The van der Waals surface area contributed by atoms with Crippen LogP contribution < -0.4 is 10.1 Å². The highest BCUT2D eigenvalue weighted by atomic mass is 16.5. The van der Waals surface area contributed by atoms with Gasteiger partial charge < -0.3 is 15.2 Å². The lowest BCUT2D eigenvalue weighted by Gasteiger charge is -2.43. The summed E-state index contributed by atoms with van der Waals surface area (Å²) in [7, 11) is 0. The number of piperazine rings is 1. The highest BCUT2D eigenvalue weighted by Gasteiger charge is 2.35. The quantitative estimate of drug-likeness (QED) is 0.847. The Bertz CT molecular complexity index is 451. The van der Waals surface area contributed by atoms with Gasteiger partial charge >= 0.3 is 0 Å². The molecular weight excluding hydrogens is 276 g/mol. The lowest BCUT2D eigenvalue weighted by atomic mass is 9.79. The molecule has 4 heteroatoms. The van der Waals surface area contributed by atoms with Crippen molar-refractivity contribution in [1.29, 1.82) is 0 Å². The molecule has 1 aliphatic heterocycles. The predicted octanol–water partition coefficient (Wildman–Crippen LogP) is 2.44. The maximum absolute atomic E-state index is 9.86. The van der Waals surface area contributed by atoms with Gasteiger partial charge in [-0.05, 0) is 31.5 Å². The molecule has 1 aromatic rings. The third-order valence-corrected chi connectivity index (χ3v) is 4.23. The van der Waals surface area contributed by atoms with Crippen molar-refractivity contribution < 1.29 is 9.84 Å². The van der Waals surface area contributed by atoms with Crippen LogP contribution in [0.3, 0.4) is 0 Å². The molecule has 0 unspecified atom stereocenters. The number of ether oxygens (including phenoxy) is 1. The van der Waals surface area contributed by atoms with Crippen molar-refractivity contribution >= 4 is 0 Å². The molecule has 1 saturated heterocycles. The number of aliphatic hydroxyl groups excluding tert-OH is 1. The van der Waals surface area contributed by atoms with Crippen LogP contribution in [0.1, 0.15) is 39.3 Å². The summed E-state index contributed by atoms with van der Waals surface area (Å²) in [5, 5.41) is 13.3. The van der Waals surface area contributed by atoms with Gasteiger partial charge in [-0.3, -0.25) is 4.90 Å². The number of nitrogens with one attached hydrogen (secondary N) is 1. The van der Waals surface area contributed by atoms with E-state index in [0.29, 0.717) is 0 Å². The van der Waals surface area contributed by atoms with Crippen LogP contribution in [0.2, 0.25) is 0 Å². The van der Waals surface area contributed by atoms with Crippen molar-refractivity contribution in [2.24, 2.45) is 5.41 Å². The maximum Gasteiger partial charge on any atom is 0.119 e. The molecule has 0 radical (unpaired) electrons.